The first kappa shape index (κ1) is 15.5. The second-order valence-corrected chi connectivity index (χ2v) is 5.66. The summed E-state index contributed by atoms with van der Waals surface area (Å²) in [5, 5.41) is 0. The van der Waals surface area contributed by atoms with Gasteiger partial charge in [0.05, 0.1) is 19.6 Å². The Bertz CT molecular complexity index is 372. The van der Waals surface area contributed by atoms with Crippen molar-refractivity contribution in [3.8, 4) is 0 Å². The molecule has 0 N–H and O–H groups in total. The molecular formula is C13H21NO5. The lowest BCUT2D eigenvalue weighted by Crippen LogP contribution is -2.41. The molecule has 0 bridgehead atoms. The van der Waals surface area contributed by atoms with Crippen molar-refractivity contribution in [1.29, 1.82) is 0 Å². The number of Topliss-reactive ketones (excluding diaryl/α,β-unsaturated/α-hetero) is 1. The first-order valence-corrected chi connectivity index (χ1v) is 6.30. The largest absolute Gasteiger partial charge is 0.469 e. The van der Waals surface area contributed by atoms with E-state index in [0.717, 1.165) is 0 Å². The number of carbonyl (C=O) groups is 3. The van der Waals surface area contributed by atoms with Crippen LogP contribution >= 0.6 is 0 Å². The maximum atomic E-state index is 12.0. The SMILES string of the molecule is COC(=O)[C@H]1CCC(=O)CN(C(=O)OC(C)(C)C)C1. The molecule has 6 heteroatoms. The average Bonchev–Trinajstić information content (AvgIpc) is 2.48. The number of methoxy groups -OCH3 is 1. The molecule has 1 saturated heterocycles. The fourth-order valence-corrected chi connectivity index (χ4v) is 1.87. The van der Waals surface area contributed by atoms with Gasteiger partial charge in [-0.3, -0.25) is 9.59 Å². The highest BCUT2D eigenvalue weighted by atomic mass is 16.6. The van der Waals surface area contributed by atoms with Gasteiger partial charge in [0, 0.05) is 13.0 Å². The van der Waals surface area contributed by atoms with Gasteiger partial charge in [-0.25, -0.2) is 4.79 Å². The van der Waals surface area contributed by atoms with Gasteiger partial charge >= 0.3 is 12.1 Å². The molecule has 1 rings (SSSR count). The Morgan fingerprint density at radius 3 is 2.47 bits per heavy atom. The van der Waals surface area contributed by atoms with E-state index in [2.05, 4.69) is 4.74 Å². The summed E-state index contributed by atoms with van der Waals surface area (Å²) in [4.78, 5) is 36.4. The fourth-order valence-electron chi connectivity index (χ4n) is 1.87. The van der Waals surface area contributed by atoms with E-state index in [-0.39, 0.29) is 25.3 Å². The molecule has 0 spiro atoms. The molecule has 1 aliphatic rings. The van der Waals surface area contributed by atoms with E-state index in [9.17, 15) is 14.4 Å². The van der Waals surface area contributed by atoms with Crippen molar-refractivity contribution >= 4 is 17.8 Å². The molecule has 0 unspecified atom stereocenters. The number of ether oxygens (including phenoxy) is 2. The zero-order valence-electron chi connectivity index (χ0n) is 11.9. The molecule has 0 aliphatic carbocycles. The monoisotopic (exact) mass is 271 g/mol. The predicted octanol–water partition coefficient (Wildman–Crippen LogP) is 1.38. The van der Waals surface area contributed by atoms with Gasteiger partial charge in [-0.2, -0.15) is 0 Å². The summed E-state index contributed by atoms with van der Waals surface area (Å²) in [6.07, 6.45) is 0.112. The fraction of sp³-hybridized carbons (Fsp3) is 0.769. The van der Waals surface area contributed by atoms with Gasteiger partial charge in [0.25, 0.3) is 0 Å². The van der Waals surface area contributed by atoms with Crippen LogP contribution in [0.4, 0.5) is 4.79 Å². The van der Waals surface area contributed by atoms with Crippen LogP contribution in [0.2, 0.25) is 0 Å². The first-order chi connectivity index (χ1) is 8.73. The standard InChI is InChI=1S/C13H21NO5/c1-13(2,3)19-12(17)14-7-9(11(16)18-4)5-6-10(15)8-14/h9H,5-8H2,1-4H3/t9-/m0/s1. The number of hydrogen-bond acceptors (Lipinski definition) is 5. The van der Waals surface area contributed by atoms with Crippen LogP contribution in [0.1, 0.15) is 33.6 Å². The van der Waals surface area contributed by atoms with E-state index < -0.39 is 23.6 Å². The van der Waals surface area contributed by atoms with Gasteiger partial charge in [-0.15, -0.1) is 0 Å². The number of hydrogen-bond donors (Lipinski definition) is 0. The van der Waals surface area contributed by atoms with Crippen molar-refractivity contribution in [3.05, 3.63) is 0 Å². The summed E-state index contributed by atoms with van der Waals surface area (Å²) in [5.74, 6) is -0.940. The maximum Gasteiger partial charge on any atom is 0.410 e. The highest BCUT2D eigenvalue weighted by molar-refractivity contribution is 5.86. The van der Waals surface area contributed by atoms with Gasteiger partial charge < -0.3 is 14.4 Å². The molecule has 0 saturated carbocycles. The van der Waals surface area contributed by atoms with Gasteiger partial charge in [0.1, 0.15) is 5.60 Å². The first-order valence-electron chi connectivity index (χ1n) is 6.30. The zero-order chi connectivity index (χ0) is 14.6. The summed E-state index contributed by atoms with van der Waals surface area (Å²) in [7, 11) is 1.30. The predicted molar refractivity (Wildman–Crippen MR) is 67.6 cm³/mol. The van der Waals surface area contributed by atoms with Crippen LogP contribution in [0.15, 0.2) is 0 Å². The molecule has 19 heavy (non-hydrogen) atoms. The van der Waals surface area contributed by atoms with E-state index in [1.54, 1.807) is 20.8 Å². The Hall–Kier alpha value is -1.59. The maximum absolute atomic E-state index is 12.0. The number of amides is 1. The van der Waals surface area contributed by atoms with Gasteiger partial charge in [0.15, 0.2) is 5.78 Å². The smallest absolute Gasteiger partial charge is 0.410 e. The van der Waals surface area contributed by atoms with E-state index >= 15 is 0 Å². The zero-order valence-corrected chi connectivity index (χ0v) is 11.9. The Morgan fingerprint density at radius 1 is 1.32 bits per heavy atom. The van der Waals surface area contributed by atoms with Crippen molar-refractivity contribution in [1.82, 2.24) is 4.90 Å². The second-order valence-electron chi connectivity index (χ2n) is 5.66. The topological polar surface area (TPSA) is 72.9 Å². The van der Waals surface area contributed by atoms with Crippen molar-refractivity contribution in [2.75, 3.05) is 20.2 Å². The van der Waals surface area contributed by atoms with Crippen LogP contribution in [0.5, 0.6) is 0 Å². The van der Waals surface area contributed by atoms with Crippen LogP contribution < -0.4 is 0 Å². The molecule has 0 aromatic heterocycles. The normalized spacial score (nSPS) is 20.7. The minimum absolute atomic E-state index is 0.0115. The number of likely N-dealkylation sites (tertiary alicyclic amines) is 1. The van der Waals surface area contributed by atoms with Gasteiger partial charge in [0.2, 0.25) is 0 Å². The number of ketones is 1. The summed E-state index contributed by atoms with van der Waals surface area (Å²) in [5.41, 5.74) is -0.632. The molecule has 1 fully saturated rings. The lowest BCUT2D eigenvalue weighted by molar-refractivity contribution is -0.146. The number of rotatable bonds is 1. The van der Waals surface area contributed by atoms with Gasteiger partial charge in [-0.1, -0.05) is 0 Å². The van der Waals surface area contributed by atoms with Crippen LogP contribution in [0.25, 0.3) is 0 Å². The Kier molecular flexibility index (Phi) is 4.91. The quantitative estimate of drug-likeness (QED) is 0.674. The third-order valence-corrected chi connectivity index (χ3v) is 2.77. The molecule has 0 radical (unpaired) electrons. The molecule has 1 heterocycles. The van der Waals surface area contributed by atoms with E-state index in [4.69, 9.17) is 4.74 Å². The van der Waals surface area contributed by atoms with Crippen molar-refractivity contribution in [2.45, 2.75) is 39.2 Å². The molecule has 0 aromatic carbocycles. The lowest BCUT2D eigenvalue weighted by atomic mass is 10.0. The molecule has 1 atom stereocenters. The highest BCUT2D eigenvalue weighted by Crippen LogP contribution is 2.18. The third-order valence-electron chi connectivity index (χ3n) is 2.77. The van der Waals surface area contributed by atoms with Crippen molar-refractivity contribution in [2.24, 2.45) is 5.92 Å². The molecule has 0 aromatic rings. The van der Waals surface area contributed by atoms with Crippen LogP contribution in [0.3, 0.4) is 0 Å². The van der Waals surface area contributed by atoms with E-state index in [0.29, 0.717) is 6.42 Å². The lowest BCUT2D eigenvalue weighted by Gasteiger charge is -2.27. The minimum Gasteiger partial charge on any atom is -0.469 e. The number of carbonyl (C=O) groups excluding carboxylic acids is 3. The summed E-state index contributed by atoms with van der Waals surface area (Å²) in [6.45, 7) is 5.41. The Labute approximate surface area is 113 Å². The Balaban J connectivity index is 2.77. The number of nitrogens with zero attached hydrogens (tertiary/aromatic N) is 1. The highest BCUT2D eigenvalue weighted by Gasteiger charge is 2.32. The second kappa shape index (κ2) is 6.04. The third kappa shape index (κ3) is 4.89. The molecule has 6 nitrogen and oxygen atoms in total. The molecule has 108 valence electrons. The molecular weight excluding hydrogens is 250 g/mol. The summed E-state index contributed by atoms with van der Waals surface area (Å²) < 4.78 is 9.91. The number of esters is 1. The van der Waals surface area contributed by atoms with E-state index in [1.165, 1.54) is 12.0 Å². The van der Waals surface area contributed by atoms with Crippen molar-refractivity contribution < 1.29 is 23.9 Å². The van der Waals surface area contributed by atoms with Crippen LogP contribution in [0, 0.1) is 5.92 Å². The molecule has 1 aliphatic heterocycles. The van der Waals surface area contributed by atoms with Crippen LogP contribution in [-0.4, -0.2) is 48.5 Å². The minimum atomic E-state index is -0.632. The van der Waals surface area contributed by atoms with Crippen molar-refractivity contribution in [3.63, 3.8) is 0 Å². The molecule has 1 amide bonds. The Morgan fingerprint density at radius 2 is 1.95 bits per heavy atom. The van der Waals surface area contributed by atoms with Gasteiger partial charge in [-0.05, 0) is 27.2 Å². The average molecular weight is 271 g/mol. The van der Waals surface area contributed by atoms with E-state index in [1.807, 2.05) is 0 Å². The summed E-state index contributed by atoms with van der Waals surface area (Å²) in [6, 6.07) is 0. The summed E-state index contributed by atoms with van der Waals surface area (Å²) >= 11 is 0. The van der Waals surface area contributed by atoms with Crippen LogP contribution in [-0.2, 0) is 19.1 Å².